The lowest BCUT2D eigenvalue weighted by molar-refractivity contribution is 0.0991. The molecule has 3 aromatic heterocycles. The molecule has 0 aliphatic carbocycles. The van der Waals surface area contributed by atoms with Crippen molar-refractivity contribution in [2.75, 3.05) is 19.5 Å². The molecular formula is C22H22BrN5O4. The van der Waals surface area contributed by atoms with Crippen LogP contribution < -0.4 is 14.8 Å². The number of carbonyl (C=O) groups excluding carboxylic acids is 1. The van der Waals surface area contributed by atoms with Crippen molar-refractivity contribution in [3.63, 3.8) is 0 Å². The van der Waals surface area contributed by atoms with Crippen LogP contribution in [0.5, 0.6) is 11.5 Å². The van der Waals surface area contributed by atoms with Crippen molar-refractivity contribution in [2.45, 2.75) is 24.7 Å². The highest BCUT2D eigenvalue weighted by Gasteiger charge is 2.23. The van der Waals surface area contributed by atoms with Crippen molar-refractivity contribution in [2.24, 2.45) is 0 Å². The minimum atomic E-state index is -0.331. The summed E-state index contributed by atoms with van der Waals surface area (Å²) in [5, 5.41) is 7.79. The van der Waals surface area contributed by atoms with Crippen molar-refractivity contribution in [1.82, 2.24) is 19.6 Å². The maximum Gasteiger partial charge on any atom is 0.226 e. The fraction of sp³-hybridized carbons (Fsp3) is 0.273. The second-order valence-corrected chi connectivity index (χ2v) is 8.03. The van der Waals surface area contributed by atoms with E-state index in [1.54, 1.807) is 32.6 Å². The number of halogens is 1. The highest BCUT2D eigenvalue weighted by Crippen LogP contribution is 2.28. The Labute approximate surface area is 192 Å². The van der Waals surface area contributed by atoms with Gasteiger partial charge in [0.05, 0.1) is 30.9 Å². The molecule has 0 fully saturated rings. The Morgan fingerprint density at radius 3 is 2.75 bits per heavy atom. The number of nitrogens with one attached hydrogen (secondary N) is 1. The molecule has 1 unspecified atom stereocenters. The first-order chi connectivity index (χ1) is 15.5. The highest BCUT2D eigenvalue weighted by molar-refractivity contribution is 9.10. The lowest BCUT2D eigenvalue weighted by Crippen LogP contribution is -2.16. The predicted octanol–water partition coefficient (Wildman–Crippen LogP) is 4.37. The lowest BCUT2D eigenvalue weighted by Gasteiger charge is -2.12. The van der Waals surface area contributed by atoms with Gasteiger partial charge in [0.1, 0.15) is 0 Å². The minimum Gasteiger partial charge on any atom is -0.493 e. The number of anilines is 1. The van der Waals surface area contributed by atoms with Crippen molar-refractivity contribution >= 4 is 33.3 Å². The van der Waals surface area contributed by atoms with E-state index < -0.39 is 0 Å². The molecule has 4 rings (SSSR count). The van der Waals surface area contributed by atoms with E-state index in [4.69, 9.17) is 13.9 Å². The van der Waals surface area contributed by atoms with Gasteiger partial charge in [-0.25, -0.2) is 9.97 Å². The van der Waals surface area contributed by atoms with Crippen molar-refractivity contribution in [3.8, 4) is 23.1 Å². The number of hydrogen-bond acceptors (Lipinski definition) is 8. The molecule has 1 N–H and O–H groups in total. The van der Waals surface area contributed by atoms with Gasteiger partial charge in [-0.05, 0) is 36.2 Å². The molecule has 0 saturated heterocycles. The van der Waals surface area contributed by atoms with Crippen molar-refractivity contribution in [3.05, 3.63) is 53.9 Å². The third-order valence-electron chi connectivity index (χ3n) is 4.91. The summed E-state index contributed by atoms with van der Waals surface area (Å²) in [7, 11) is 3.19. The molecule has 9 nitrogen and oxygen atoms in total. The fourth-order valence-corrected chi connectivity index (χ4v) is 3.45. The minimum absolute atomic E-state index is 0.102. The summed E-state index contributed by atoms with van der Waals surface area (Å²) in [5.41, 5.74) is 1.75. The molecule has 1 aromatic carbocycles. The summed E-state index contributed by atoms with van der Waals surface area (Å²) < 4.78 is 17.6. The molecule has 3 heterocycles. The number of ether oxygens (including phenoxy) is 2. The van der Waals surface area contributed by atoms with Gasteiger partial charge in [-0.2, -0.15) is 4.52 Å². The Kier molecular flexibility index (Phi) is 6.40. The molecule has 1 atom stereocenters. The molecule has 166 valence electrons. The average Bonchev–Trinajstić information content (AvgIpc) is 3.51. The number of fused-ring (bicyclic) bond motifs is 1. The molecule has 4 aromatic rings. The highest BCUT2D eigenvalue weighted by atomic mass is 79.9. The lowest BCUT2D eigenvalue weighted by atomic mass is 10.1. The predicted molar refractivity (Wildman–Crippen MR) is 123 cm³/mol. The normalized spacial score (nSPS) is 12.0. The van der Waals surface area contributed by atoms with Crippen LogP contribution in [0.3, 0.4) is 0 Å². The van der Waals surface area contributed by atoms with Gasteiger partial charge in [0.25, 0.3) is 0 Å². The number of aromatic nitrogens is 4. The number of benzene rings is 1. The van der Waals surface area contributed by atoms with E-state index >= 15 is 0 Å². The topological polar surface area (TPSA) is 104 Å². The van der Waals surface area contributed by atoms with E-state index in [0.29, 0.717) is 53.2 Å². The smallest absolute Gasteiger partial charge is 0.226 e. The zero-order valence-corrected chi connectivity index (χ0v) is 19.4. The number of nitrogens with zero attached hydrogens (tertiary/aromatic N) is 4. The van der Waals surface area contributed by atoms with Crippen molar-refractivity contribution in [1.29, 1.82) is 0 Å². The molecule has 0 aliphatic rings. The molecule has 0 spiro atoms. The summed E-state index contributed by atoms with van der Waals surface area (Å²) in [6, 6.07) is 9.17. The van der Waals surface area contributed by atoms with Crippen LogP contribution >= 0.6 is 15.9 Å². The van der Waals surface area contributed by atoms with Crippen LogP contribution in [-0.4, -0.2) is 44.4 Å². The maximum atomic E-state index is 12.9. The Morgan fingerprint density at radius 2 is 2.06 bits per heavy atom. The SMILES string of the molecule is CCC(Br)C(=O)c1cnc(NCc2ccc(OC)c(OC)c2)n2nc(-c3ccco3)nc12. The van der Waals surface area contributed by atoms with E-state index in [2.05, 4.69) is 36.3 Å². The second-order valence-electron chi connectivity index (χ2n) is 6.93. The van der Waals surface area contributed by atoms with E-state index in [1.165, 1.54) is 10.7 Å². The van der Waals surface area contributed by atoms with E-state index in [1.807, 2.05) is 25.1 Å². The van der Waals surface area contributed by atoms with Gasteiger partial charge in [-0.1, -0.05) is 28.9 Å². The van der Waals surface area contributed by atoms with Gasteiger partial charge in [0.15, 0.2) is 28.7 Å². The fourth-order valence-electron chi connectivity index (χ4n) is 3.20. The molecular weight excluding hydrogens is 478 g/mol. The van der Waals surface area contributed by atoms with Crippen LogP contribution in [0.4, 0.5) is 5.95 Å². The van der Waals surface area contributed by atoms with Gasteiger partial charge >= 0.3 is 0 Å². The molecule has 32 heavy (non-hydrogen) atoms. The number of furan rings is 1. The van der Waals surface area contributed by atoms with E-state index in [0.717, 1.165) is 5.56 Å². The van der Waals surface area contributed by atoms with Crippen LogP contribution in [0, 0.1) is 0 Å². The summed E-state index contributed by atoms with van der Waals surface area (Å²) in [6.07, 6.45) is 3.72. The Bertz CT molecular complexity index is 1240. The van der Waals surface area contributed by atoms with Gasteiger partial charge in [0.2, 0.25) is 11.8 Å². The van der Waals surface area contributed by atoms with Crippen LogP contribution in [-0.2, 0) is 6.54 Å². The third kappa shape index (κ3) is 4.18. The molecule has 0 radical (unpaired) electrons. The first-order valence-corrected chi connectivity index (χ1v) is 10.9. The first kappa shape index (κ1) is 21.8. The number of carbonyl (C=O) groups is 1. The Balaban J connectivity index is 1.71. The molecule has 10 heteroatoms. The van der Waals surface area contributed by atoms with Crippen LogP contribution in [0.25, 0.3) is 17.2 Å². The number of alkyl halides is 1. The number of hydrogen-bond donors (Lipinski definition) is 1. The molecule has 0 amide bonds. The van der Waals surface area contributed by atoms with E-state index in [9.17, 15) is 4.79 Å². The Morgan fingerprint density at radius 1 is 1.25 bits per heavy atom. The number of methoxy groups -OCH3 is 2. The third-order valence-corrected chi connectivity index (χ3v) is 5.98. The standard InChI is InChI=1S/C22H22BrN5O4/c1-4-15(23)19(29)14-12-25-22(24-11-13-7-8-16(30-2)18(10-13)31-3)28-21(14)26-20(27-28)17-6-5-9-32-17/h5-10,12,15H,4,11H2,1-3H3,(H,24,25). The maximum absolute atomic E-state index is 12.9. The van der Waals surface area contributed by atoms with Gasteiger partial charge in [-0.15, -0.1) is 5.10 Å². The number of ketones is 1. The van der Waals surface area contributed by atoms with Gasteiger partial charge in [-0.3, -0.25) is 4.79 Å². The summed E-state index contributed by atoms with van der Waals surface area (Å²) in [4.78, 5) is 21.5. The molecule has 0 bridgehead atoms. The molecule has 0 aliphatic heterocycles. The Hall–Kier alpha value is -3.40. The average molecular weight is 500 g/mol. The van der Waals surface area contributed by atoms with Gasteiger partial charge < -0.3 is 19.2 Å². The largest absolute Gasteiger partial charge is 0.493 e. The van der Waals surface area contributed by atoms with Crippen molar-refractivity contribution < 1.29 is 18.7 Å². The van der Waals surface area contributed by atoms with Crippen LogP contribution in [0.2, 0.25) is 0 Å². The number of Topliss-reactive ketones (excluding diaryl/α,β-unsaturated/α-hetero) is 1. The molecule has 0 saturated carbocycles. The van der Waals surface area contributed by atoms with E-state index in [-0.39, 0.29) is 10.6 Å². The quantitative estimate of drug-likeness (QED) is 0.267. The monoisotopic (exact) mass is 499 g/mol. The second kappa shape index (κ2) is 9.39. The van der Waals surface area contributed by atoms with Crippen LogP contribution in [0.1, 0.15) is 29.3 Å². The number of rotatable bonds is 9. The summed E-state index contributed by atoms with van der Waals surface area (Å²) in [5.74, 6) is 2.50. The summed E-state index contributed by atoms with van der Waals surface area (Å²) in [6.45, 7) is 2.38. The summed E-state index contributed by atoms with van der Waals surface area (Å²) >= 11 is 3.42. The first-order valence-electron chi connectivity index (χ1n) is 9.98. The zero-order valence-electron chi connectivity index (χ0n) is 17.8. The zero-order chi connectivity index (χ0) is 22.7. The van der Waals surface area contributed by atoms with Gasteiger partial charge in [0, 0.05) is 12.7 Å². The van der Waals surface area contributed by atoms with Crippen LogP contribution in [0.15, 0.2) is 47.2 Å².